The van der Waals surface area contributed by atoms with Crippen LogP contribution in [0.2, 0.25) is 0 Å². The molecule has 0 fully saturated rings. The van der Waals surface area contributed by atoms with E-state index in [4.69, 9.17) is 0 Å². The van der Waals surface area contributed by atoms with Crippen molar-refractivity contribution in [3.8, 4) is 0 Å². The smallest absolute Gasteiger partial charge is 0.250 e. The molecule has 0 bridgehead atoms. The molecule has 0 aromatic carbocycles. The largest absolute Gasteiger partial charge is 0.376 e. The fourth-order valence-electron chi connectivity index (χ4n) is 1.94. The molecule has 1 N–H and O–H groups in total. The van der Waals surface area contributed by atoms with Crippen LogP contribution in [0.15, 0.2) is 23.1 Å². The number of aryl methyl sites for hydroxylation is 3. The average molecular weight is 263 g/mol. The van der Waals surface area contributed by atoms with E-state index in [-0.39, 0.29) is 11.6 Å². The first kappa shape index (κ1) is 12.8. The SMILES string of the molecule is Cc1nc(C)c(C(C)Nc2ccc(=O)n(C)c2)s1. The molecule has 0 saturated carbocycles. The van der Waals surface area contributed by atoms with Crippen LogP contribution >= 0.6 is 11.3 Å². The predicted molar refractivity (Wildman–Crippen MR) is 75.3 cm³/mol. The van der Waals surface area contributed by atoms with Gasteiger partial charge in [0.1, 0.15) is 0 Å². The summed E-state index contributed by atoms with van der Waals surface area (Å²) in [6, 6.07) is 3.57. The minimum Gasteiger partial charge on any atom is -0.376 e. The van der Waals surface area contributed by atoms with Gasteiger partial charge in [0.05, 0.1) is 22.4 Å². The summed E-state index contributed by atoms with van der Waals surface area (Å²) >= 11 is 1.71. The van der Waals surface area contributed by atoms with Gasteiger partial charge in [-0.2, -0.15) is 0 Å². The summed E-state index contributed by atoms with van der Waals surface area (Å²) in [5.74, 6) is 0. The third kappa shape index (κ3) is 2.61. The summed E-state index contributed by atoms with van der Waals surface area (Å²) in [6.45, 7) is 6.14. The molecule has 0 amide bonds. The van der Waals surface area contributed by atoms with Crippen molar-refractivity contribution in [2.45, 2.75) is 26.8 Å². The lowest BCUT2D eigenvalue weighted by molar-refractivity contribution is 0.842. The number of thiazole rings is 1. The van der Waals surface area contributed by atoms with Crippen molar-refractivity contribution in [3.63, 3.8) is 0 Å². The van der Waals surface area contributed by atoms with Crippen LogP contribution in [0.4, 0.5) is 5.69 Å². The van der Waals surface area contributed by atoms with Crippen molar-refractivity contribution in [2.75, 3.05) is 5.32 Å². The molecule has 0 saturated heterocycles. The summed E-state index contributed by atoms with van der Waals surface area (Å²) in [7, 11) is 1.75. The Labute approximate surface area is 110 Å². The van der Waals surface area contributed by atoms with E-state index in [0.717, 1.165) is 16.4 Å². The third-order valence-electron chi connectivity index (χ3n) is 2.80. The van der Waals surface area contributed by atoms with Gasteiger partial charge in [-0.25, -0.2) is 4.98 Å². The van der Waals surface area contributed by atoms with Crippen LogP contribution in [0.3, 0.4) is 0 Å². The zero-order valence-electron chi connectivity index (χ0n) is 11.0. The molecule has 2 aromatic heterocycles. The highest BCUT2D eigenvalue weighted by molar-refractivity contribution is 7.11. The summed E-state index contributed by atoms with van der Waals surface area (Å²) < 4.78 is 1.57. The van der Waals surface area contributed by atoms with E-state index in [1.807, 2.05) is 26.1 Å². The van der Waals surface area contributed by atoms with Crippen LogP contribution < -0.4 is 10.9 Å². The highest BCUT2D eigenvalue weighted by Gasteiger charge is 2.12. The van der Waals surface area contributed by atoms with Gasteiger partial charge in [0.15, 0.2) is 0 Å². The molecule has 4 nitrogen and oxygen atoms in total. The second kappa shape index (κ2) is 4.94. The topological polar surface area (TPSA) is 46.9 Å². The predicted octanol–water partition coefficient (Wildman–Crippen LogP) is 2.63. The Morgan fingerprint density at radius 2 is 2.11 bits per heavy atom. The molecule has 2 rings (SSSR count). The number of hydrogen-bond acceptors (Lipinski definition) is 4. The molecule has 0 aliphatic rings. The zero-order chi connectivity index (χ0) is 13.3. The van der Waals surface area contributed by atoms with Crippen LogP contribution in [-0.4, -0.2) is 9.55 Å². The summed E-state index contributed by atoms with van der Waals surface area (Å²) in [5.41, 5.74) is 2.01. The Kier molecular flexibility index (Phi) is 3.52. The molecule has 0 aliphatic carbocycles. The fraction of sp³-hybridized carbons (Fsp3) is 0.385. The van der Waals surface area contributed by atoms with E-state index >= 15 is 0 Å². The van der Waals surface area contributed by atoms with Gasteiger partial charge in [-0.1, -0.05) is 0 Å². The van der Waals surface area contributed by atoms with Gasteiger partial charge in [-0.3, -0.25) is 4.79 Å². The van der Waals surface area contributed by atoms with Gasteiger partial charge < -0.3 is 9.88 Å². The minimum atomic E-state index is -0.00183. The average Bonchev–Trinajstić information content (AvgIpc) is 2.63. The molecular weight excluding hydrogens is 246 g/mol. The lowest BCUT2D eigenvalue weighted by Gasteiger charge is -2.14. The van der Waals surface area contributed by atoms with E-state index in [1.54, 1.807) is 29.0 Å². The molecule has 1 unspecified atom stereocenters. The van der Waals surface area contributed by atoms with Crippen LogP contribution in [0.1, 0.15) is 28.5 Å². The number of aromatic nitrogens is 2. The van der Waals surface area contributed by atoms with Crippen molar-refractivity contribution in [1.29, 1.82) is 0 Å². The Balaban J connectivity index is 2.21. The zero-order valence-corrected chi connectivity index (χ0v) is 11.8. The number of anilines is 1. The number of hydrogen-bond donors (Lipinski definition) is 1. The van der Waals surface area contributed by atoms with E-state index in [0.29, 0.717) is 0 Å². The van der Waals surface area contributed by atoms with Gasteiger partial charge in [-0.05, 0) is 26.8 Å². The quantitative estimate of drug-likeness (QED) is 0.926. The van der Waals surface area contributed by atoms with E-state index in [1.165, 1.54) is 4.88 Å². The number of pyridine rings is 1. The highest BCUT2D eigenvalue weighted by atomic mass is 32.1. The summed E-state index contributed by atoms with van der Waals surface area (Å²) in [5, 5.41) is 4.47. The molecule has 2 heterocycles. The number of rotatable bonds is 3. The normalized spacial score (nSPS) is 12.4. The van der Waals surface area contributed by atoms with Gasteiger partial charge >= 0.3 is 0 Å². The lowest BCUT2D eigenvalue weighted by atomic mass is 10.2. The number of nitrogens with one attached hydrogen (secondary N) is 1. The van der Waals surface area contributed by atoms with Crippen molar-refractivity contribution in [1.82, 2.24) is 9.55 Å². The first-order valence-electron chi connectivity index (χ1n) is 5.84. The Morgan fingerprint density at radius 3 is 2.67 bits per heavy atom. The van der Waals surface area contributed by atoms with Crippen molar-refractivity contribution in [3.05, 3.63) is 44.3 Å². The monoisotopic (exact) mass is 263 g/mol. The van der Waals surface area contributed by atoms with Crippen LogP contribution in [0.5, 0.6) is 0 Å². The molecule has 0 spiro atoms. The molecule has 96 valence electrons. The van der Waals surface area contributed by atoms with Crippen LogP contribution in [-0.2, 0) is 7.05 Å². The lowest BCUT2D eigenvalue weighted by Crippen LogP contribution is -2.16. The molecule has 1 atom stereocenters. The number of nitrogens with zero attached hydrogens (tertiary/aromatic N) is 2. The third-order valence-corrected chi connectivity index (χ3v) is 4.06. The van der Waals surface area contributed by atoms with E-state index in [2.05, 4.69) is 17.2 Å². The molecule has 0 radical (unpaired) electrons. The Hall–Kier alpha value is -1.62. The first-order valence-corrected chi connectivity index (χ1v) is 6.66. The maximum Gasteiger partial charge on any atom is 0.250 e. The molecule has 2 aromatic rings. The second-order valence-electron chi connectivity index (χ2n) is 4.42. The van der Waals surface area contributed by atoms with Crippen LogP contribution in [0, 0.1) is 13.8 Å². The van der Waals surface area contributed by atoms with Crippen LogP contribution in [0.25, 0.3) is 0 Å². The van der Waals surface area contributed by atoms with Crippen molar-refractivity contribution >= 4 is 17.0 Å². The molecular formula is C13H17N3OS. The second-order valence-corrected chi connectivity index (χ2v) is 5.65. The van der Waals surface area contributed by atoms with E-state index in [9.17, 15) is 4.79 Å². The Morgan fingerprint density at radius 1 is 1.39 bits per heavy atom. The van der Waals surface area contributed by atoms with Gasteiger partial charge in [0, 0.05) is 24.2 Å². The first-order chi connectivity index (χ1) is 8.47. The maximum absolute atomic E-state index is 11.3. The van der Waals surface area contributed by atoms with Gasteiger partial charge in [0.2, 0.25) is 5.56 Å². The summed E-state index contributed by atoms with van der Waals surface area (Å²) in [4.78, 5) is 17.0. The molecule has 18 heavy (non-hydrogen) atoms. The summed E-state index contributed by atoms with van der Waals surface area (Å²) in [6.07, 6.45) is 1.81. The molecule has 0 aliphatic heterocycles. The van der Waals surface area contributed by atoms with Gasteiger partial charge in [0.25, 0.3) is 0 Å². The minimum absolute atomic E-state index is 0.00183. The van der Waals surface area contributed by atoms with Crippen molar-refractivity contribution < 1.29 is 0 Å². The van der Waals surface area contributed by atoms with Crippen molar-refractivity contribution in [2.24, 2.45) is 7.05 Å². The standard InChI is InChI=1S/C13H17N3OS/c1-8-13(18-10(3)14-8)9(2)15-11-5-6-12(17)16(4)7-11/h5-7,9,15H,1-4H3. The highest BCUT2D eigenvalue weighted by Crippen LogP contribution is 2.27. The Bertz CT molecular complexity index is 615. The maximum atomic E-state index is 11.3. The molecule has 5 heteroatoms. The van der Waals surface area contributed by atoms with Gasteiger partial charge in [-0.15, -0.1) is 11.3 Å². The fourth-order valence-corrected chi connectivity index (χ4v) is 2.87. The van der Waals surface area contributed by atoms with E-state index < -0.39 is 0 Å².